The number of anilines is 1. The van der Waals surface area contributed by atoms with Crippen LogP contribution in [0.5, 0.6) is 5.75 Å². The smallest absolute Gasteiger partial charge is 0.422 e. The Morgan fingerprint density at radius 3 is 2.58 bits per heavy atom. The molecule has 4 N–H and O–H groups in total. The lowest BCUT2D eigenvalue weighted by molar-refractivity contribution is -0.153. The number of halogens is 3. The fraction of sp³-hybridized carbons (Fsp3) is 0.533. The van der Waals surface area contributed by atoms with E-state index in [1.165, 1.54) is 24.3 Å². The van der Waals surface area contributed by atoms with Crippen molar-refractivity contribution < 1.29 is 22.7 Å². The normalized spacial score (nSPS) is 26.7. The summed E-state index contributed by atoms with van der Waals surface area (Å²) < 4.78 is 40.9. The van der Waals surface area contributed by atoms with E-state index in [4.69, 9.17) is 0 Å². The van der Waals surface area contributed by atoms with Gasteiger partial charge in [-0.3, -0.25) is 4.79 Å². The zero-order chi connectivity index (χ0) is 17.2. The van der Waals surface area contributed by atoms with Crippen LogP contribution in [0.15, 0.2) is 24.3 Å². The minimum absolute atomic E-state index is 0.0777. The number of ether oxygens (including phenoxy) is 1. The van der Waals surface area contributed by atoms with Crippen molar-refractivity contribution in [2.75, 3.05) is 11.9 Å². The van der Waals surface area contributed by atoms with Crippen molar-refractivity contribution in [3.05, 3.63) is 24.3 Å². The number of hydrazine groups is 2. The Kier molecular flexibility index (Phi) is 4.93. The van der Waals surface area contributed by atoms with Gasteiger partial charge < -0.3 is 10.1 Å². The third-order valence-electron chi connectivity index (χ3n) is 4.26. The molecule has 1 heterocycles. The lowest BCUT2D eigenvalue weighted by atomic mass is 9.82. The molecule has 3 atom stereocenters. The van der Waals surface area contributed by atoms with E-state index in [9.17, 15) is 18.0 Å². The topological polar surface area (TPSA) is 74.4 Å². The molecule has 1 aliphatic heterocycles. The monoisotopic (exact) mass is 344 g/mol. The molecule has 0 radical (unpaired) electrons. The first kappa shape index (κ1) is 17.0. The number of rotatable bonds is 4. The van der Waals surface area contributed by atoms with Gasteiger partial charge in [0.05, 0.1) is 0 Å². The maximum Gasteiger partial charge on any atom is 0.422 e. The van der Waals surface area contributed by atoms with Gasteiger partial charge in [0.15, 0.2) is 6.61 Å². The van der Waals surface area contributed by atoms with Gasteiger partial charge in [-0.25, -0.2) is 10.9 Å². The minimum atomic E-state index is -4.37. The predicted molar refractivity (Wildman–Crippen MR) is 80.9 cm³/mol. The van der Waals surface area contributed by atoms with Gasteiger partial charge in [-0.1, -0.05) is 0 Å². The van der Waals surface area contributed by atoms with E-state index in [0.717, 1.165) is 19.3 Å². The van der Waals surface area contributed by atoms with Gasteiger partial charge in [-0.05, 0) is 43.5 Å². The molecule has 1 saturated heterocycles. The van der Waals surface area contributed by atoms with Gasteiger partial charge in [-0.2, -0.15) is 18.7 Å². The molecule has 2 aliphatic rings. The Labute approximate surface area is 137 Å². The molecule has 1 aromatic carbocycles. The number of benzene rings is 1. The molecule has 2 fully saturated rings. The highest BCUT2D eigenvalue weighted by Crippen LogP contribution is 2.27. The summed E-state index contributed by atoms with van der Waals surface area (Å²) in [6, 6.07) is 6.43. The molecule has 3 rings (SSSR count). The van der Waals surface area contributed by atoms with Crippen molar-refractivity contribution in [3.63, 3.8) is 0 Å². The van der Waals surface area contributed by atoms with Crippen molar-refractivity contribution in [2.24, 2.45) is 5.92 Å². The fourth-order valence-electron chi connectivity index (χ4n) is 3.01. The molecule has 3 unspecified atom stereocenters. The Balaban J connectivity index is 1.51. The molecule has 132 valence electrons. The average Bonchev–Trinajstić information content (AvgIpc) is 3.01. The van der Waals surface area contributed by atoms with Crippen LogP contribution in [0.25, 0.3) is 0 Å². The second-order valence-corrected chi connectivity index (χ2v) is 6.05. The van der Waals surface area contributed by atoms with E-state index in [0.29, 0.717) is 11.7 Å². The van der Waals surface area contributed by atoms with E-state index in [2.05, 4.69) is 26.4 Å². The van der Waals surface area contributed by atoms with Crippen LogP contribution >= 0.6 is 0 Å². The second kappa shape index (κ2) is 6.96. The highest BCUT2D eigenvalue weighted by molar-refractivity contribution is 5.92. The highest BCUT2D eigenvalue weighted by atomic mass is 19.4. The summed E-state index contributed by atoms with van der Waals surface area (Å²) in [5.41, 5.74) is 9.62. The first-order valence-corrected chi connectivity index (χ1v) is 7.77. The van der Waals surface area contributed by atoms with Crippen LogP contribution in [0.2, 0.25) is 0 Å². The number of fused-ring (bicyclic) bond motifs is 1. The summed E-state index contributed by atoms with van der Waals surface area (Å²) in [4.78, 5) is 12.3. The SMILES string of the molecule is O=C(Nc1ccc(OCC(F)(F)F)cc1)C1CCC2NNNC2C1. The molecule has 0 bridgehead atoms. The van der Waals surface area contributed by atoms with Crippen molar-refractivity contribution in [2.45, 2.75) is 37.5 Å². The van der Waals surface area contributed by atoms with Crippen molar-refractivity contribution in [1.29, 1.82) is 0 Å². The Bertz CT molecular complexity index is 579. The van der Waals surface area contributed by atoms with Gasteiger partial charge in [-0.15, -0.1) is 0 Å². The Morgan fingerprint density at radius 2 is 1.88 bits per heavy atom. The summed E-state index contributed by atoms with van der Waals surface area (Å²) in [6.45, 7) is -1.33. The largest absolute Gasteiger partial charge is 0.484 e. The molecule has 0 spiro atoms. The van der Waals surface area contributed by atoms with Gasteiger partial charge in [0.1, 0.15) is 5.75 Å². The van der Waals surface area contributed by atoms with Gasteiger partial charge in [0.25, 0.3) is 0 Å². The van der Waals surface area contributed by atoms with Crippen LogP contribution in [0, 0.1) is 5.92 Å². The standard InChI is InChI=1S/C15H19F3N4O2/c16-15(17,18)8-24-11-4-2-10(3-5-11)19-14(23)9-1-6-12-13(7-9)21-22-20-12/h2-5,9,12-13,20-22H,1,6-8H2,(H,19,23). The van der Waals surface area contributed by atoms with Gasteiger partial charge >= 0.3 is 6.18 Å². The molecule has 1 aliphatic carbocycles. The van der Waals surface area contributed by atoms with E-state index in [-0.39, 0.29) is 23.6 Å². The van der Waals surface area contributed by atoms with Crippen molar-refractivity contribution in [3.8, 4) is 5.75 Å². The van der Waals surface area contributed by atoms with Gasteiger partial charge in [0.2, 0.25) is 5.91 Å². The summed E-state index contributed by atoms with van der Waals surface area (Å²) in [7, 11) is 0. The van der Waals surface area contributed by atoms with E-state index < -0.39 is 12.8 Å². The van der Waals surface area contributed by atoms with Crippen molar-refractivity contribution >= 4 is 11.6 Å². The number of carbonyl (C=O) groups is 1. The van der Waals surface area contributed by atoms with E-state index in [1.54, 1.807) is 0 Å². The van der Waals surface area contributed by atoms with Crippen LogP contribution in [0.4, 0.5) is 18.9 Å². The third-order valence-corrected chi connectivity index (χ3v) is 4.26. The van der Waals surface area contributed by atoms with Crippen LogP contribution < -0.4 is 26.4 Å². The molecule has 1 amide bonds. The zero-order valence-corrected chi connectivity index (χ0v) is 12.8. The number of hydrogen-bond acceptors (Lipinski definition) is 5. The minimum Gasteiger partial charge on any atom is -0.484 e. The lowest BCUT2D eigenvalue weighted by Gasteiger charge is -2.29. The number of carbonyl (C=O) groups excluding carboxylic acids is 1. The summed E-state index contributed by atoms with van der Waals surface area (Å²) in [6.07, 6.45) is -1.96. The quantitative estimate of drug-likeness (QED) is 0.669. The number of amides is 1. The third kappa shape index (κ3) is 4.37. The molecule has 1 saturated carbocycles. The summed E-state index contributed by atoms with van der Waals surface area (Å²) in [5.74, 6) is -0.0640. The number of alkyl halides is 3. The molecule has 1 aromatic rings. The number of hydrogen-bond donors (Lipinski definition) is 4. The summed E-state index contributed by atoms with van der Waals surface area (Å²) >= 11 is 0. The Morgan fingerprint density at radius 1 is 1.17 bits per heavy atom. The van der Waals surface area contributed by atoms with E-state index >= 15 is 0 Å². The maximum atomic E-state index is 12.3. The molecule has 6 nitrogen and oxygen atoms in total. The molecular weight excluding hydrogens is 325 g/mol. The molecule has 24 heavy (non-hydrogen) atoms. The second-order valence-electron chi connectivity index (χ2n) is 6.05. The van der Waals surface area contributed by atoms with Crippen LogP contribution in [0.1, 0.15) is 19.3 Å². The van der Waals surface area contributed by atoms with Crippen molar-refractivity contribution in [1.82, 2.24) is 16.4 Å². The molecular formula is C15H19F3N4O2. The summed E-state index contributed by atoms with van der Waals surface area (Å²) in [5, 5.41) is 2.81. The maximum absolute atomic E-state index is 12.3. The first-order valence-electron chi connectivity index (χ1n) is 7.77. The highest BCUT2D eigenvalue weighted by Gasteiger charge is 2.36. The first-order chi connectivity index (χ1) is 11.4. The lowest BCUT2D eigenvalue weighted by Crippen LogP contribution is -2.42. The van der Waals surface area contributed by atoms with Crippen LogP contribution in [0.3, 0.4) is 0 Å². The Hall–Kier alpha value is -1.84. The van der Waals surface area contributed by atoms with E-state index in [1.807, 2.05) is 0 Å². The van der Waals surface area contributed by atoms with Gasteiger partial charge in [0, 0.05) is 23.7 Å². The van der Waals surface area contributed by atoms with Crippen LogP contribution in [-0.4, -0.2) is 30.8 Å². The van der Waals surface area contributed by atoms with Crippen LogP contribution in [-0.2, 0) is 4.79 Å². The predicted octanol–water partition coefficient (Wildman–Crippen LogP) is 1.72. The fourth-order valence-corrected chi connectivity index (χ4v) is 3.01. The molecule has 9 heteroatoms. The average molecular weight is 344 g/mol. The number of nitrogens with one attached hydrogen (secondary N) is 4. The molecule has 0 aromatic heterocycles. The zero-order valence-electron chi connectivity index (χ0n) is 12.8.